The minimum Gasteiger partial charge on any atom is -0.493 e. The number of carbonyl (C=O) groups excluding carboxylic acids is 2. The van der Waals surface area contributed by atoms with Gasteiger partial charge < -0.3 is 9.47 Å². The molecule has 0 spiro atoms. The lowest BCUT2D eigenvalue weighted by Crippen LogP contribution is -2.43. The molecule has 0 atom stereocenters. The number of hydrogen-bond acceptors (Lipinski definition) is 5. The largest absolute Gasteiger partial charge is 0.493 e. The number of thiophene rings is 1. The Labute approximate surface area is 138 Å². The number of amides is 2. The van der Waals surface area contributed by atoms with Crippen molar-refractivity contribution in [2.75, 3.05) is 14.2 Å². The van der Waals surface area contributed by atoms with Gasteiger partial charge in [-0.2, -0.15) is 0 Å². The van der Waals surface area contributed by atoms with Gasteiger partial charge >= 0.3 is 0 Å². The molecule has 2 aromatic rings. The minimum absolute atomic E-state index is 0.125. The molecule has 0 radical (unpaired) electrons. The monoisotopic (exact) mass is 334 g/mol. The molecule has 0 aliphatic carbocycles. The average molecular weight is 334 g/mol. The van der Waals surface area contributed by atoms with E-state index < -0.39 is 0 Å². The minimum atomic E-state index is -0.309. The van der Waals surface area contributed by atoms with Gasteiger partial charge in [0.1, 0.15) is 0 Å². The molecular weight excluding hydrogens is 316 g/mol. The van der Waals surface area contributed by atoms with Crippen LogP contribution in [0.4, 0.5) is 0 Å². The summed E-state index contributed by atoms with van der Waals surface area (Å²) in [6, 6.07) is 8.98. The molecule has 7 heteroatoms. The summed E-state index contributed by atoms with van der Waals surface area (Å²) >= 11 is 1.50. The maximum absolute atomic E-state index is 11.9. The van der Waals surface area contributed by atoms with Crippen LogP contribution in [0.15, 0.2) is 35.7 Å². The molecule has 0 unspecified atom stereocenters. The van der Waals surface area contributed by atoms with Gasteiger partial charge in [-0.25, -0.2) is 0 Å². The van der Waals surface area contributed by atoms with E-state index in [4.69, 9.17) is 9.47 Å². The van der Waals surface area contributed by atoms with E-state index in [9.17, 15) is 9.59 Å². The number of nitrogens with one attached hydrogen (secondary N) is 2. The number of rotatable bonds is 6. The van der Waals surface area contributed by atoms with E-state index in [0.717, 1.165) is 10.4 Å². The van der Waals surface area contributed by atoms with E-state index in [2.05, 4.69) is 10.9 Å². The molecule has 0 aliphatic heterocycles. The van der Waals surface area contributed by atoms with Gasteiger partial charge in [0.05, 0.1) is 27.1 Å². The molecule has 23 heavy (non-hydrogen) atoms. The number of benzene rings is 1. The summed E-state index contributed by atoms with van der Waals surface area (Å²) in [4.78, 5) is 24.5. The van der Waals surface area contributed by atoms with Gasteiger partial charge in [-0.15, -0.1) is 11.3 Å². The highest BCUT2D eigenvalue weighted by Gasteiger charge is 2.10. The molecular formula is C16H18N2O4S. The van der Waals surface area contributed by atoms with E-state index in [0.29, 0.717) is 11.5 Å². The van der Waals surface area contributed by atoms with Gasteiger partial charge in [0.15, 0.2) is 11.5 Å². The van der Waals surface area contributed by atoms with Gasteiger partial charge in [0.25, 0.3) is 0 Å². The third-order valence-electron chi connectivity index (χ3n) is 3.07. The van der Waals surface area contributed by atoms with Crippen molar-refractivity contribution in [3.05, 3.63) is 46.2 Å². The fraction of sp³-hybridized carbons (Fsp3) is 0.250. The van der Waals surface area contributed by atoms with Gasteiger partial charge in [-0.05, 0) is 29.1 Å². The molecule has 0 bridgehead atoms. The normalized spacial score (nSPS) is 10.0. The van der Waals surface area contributed by atoms with Crippen LogP contribution in [0.3, 0.4) is 0 Å². The predicted molar refractivity (Wildman–Crippen MR) is 87.6 cm³/mol. The lowest BCUT2D eigenvalue weighted by molar-refractivity contribution is -0.128. The zero-order valence-electron chi connectivity index (χ0n) is 12.9. The standard InChI is InChI=1S/C16H18N2O4S/c1-21-13-6-5-11(8-14(13)22-2)9-15(19)17-18-16(20)10-12-4-3-7-23-12/h3-8H,9-10H2,1-2H3,(H,17,19)(H,18,20). The highest BCUT2D eigenvalue weighted by molar-refractivity contribution is 7.10. The Morgan fingerprint density at radius 2 is 1.70 bits per heavy atom. The van der Waals surface area contributed by atoms with Crippen molar-refractivity contribution in [1.29, 1.82) is 0 Å². The second-order valence-electron chi connectivity index (χ2n) is 4.72. The van der Waals surface area contributed by atoms with Crippen molar-refractivity contribution in [3.8, 4) is 11.5 Å². The Morgan fingerprint density at radius 3 is 2.30 bits per heavy atom. The SMILES string of the molecule is COc1ccc(CC(=O)NNC(=O)Cc2cccs2)cc1OC. The first-order valence-corrected chi connectivity index (χ1v) is 7.81. The summed E-state index contributed by atoms with van der Waals surface area (Å²) in [5.41, 5.74) is 5.56. The first kappa shape index (κ1) is 16.8. The summed E-state index contributed by atoms with van der Waals surface area (Å²) in [5.74, 6) is 0.588. The van der Waals surface area contributed by atoms with Crippen LogP contribution in [0.2, 0.25) is 0 Å². The first-order chi connectivity index (χ1) is 11.1. The third kappa shape index (κ3) is 5.00. The van der Waals surface area contributed by atoms with Gasteiger partial charge in [0.2, 0.25) is 11.8 Å². The molecule has 122 valence electrons. The Balaban J connectivity index is 1.83. The average Bonchev–Trinajstić information content (AvgIpc) is 3.05. The third-order valence-corrected chi connectivity index (χ3v) is 3.95. The van der Waals surface area contributed by atoms with Crippen molar-refractivity contribution in [3.63, 3.8) is 0 Å². The van der Waals surface area contributed by atoms with E-state index in [1.165, 1.54) is 18.4 Å². The van der Waals surface area contributed by atoms with Crippen molar-refractivity contribution in [1.82, 2.24) is 10.9 Å². The van der Waals surface area contributed by atoms with Crippen LogP contribution in [-0.2, 0) is 22.4 Å². The summed E-state index contributed by atoms with van der Waals surface area (Å²) in [5, 5.41) is 1.90. The van der Waals surface area contributed by atoms with Gasteiger partial charge in [-0.1, -0.05) is 12.1 Å². The van der Waals surface area contributed by atoms with E-state index in [-0.39, 0.29) is 24.7 Å². The van der Waals surface area contributed by atoms with Crippen molar-refractivity contribution in [2.24, 2.45) is 0 Å². The maximum Gasteiger partial charge on any atom is 0.243 e. The van der Waals surface area contributed by atoms with Crippen LogP contribution in [0.1, 0.15) is 10.4 Å². The molecule has 0 aliphatic rings. The number of ether oxygens (including phenoxy) is 2. The predicted octanol–water partition coefficient (Wildman–Crippen LogP) is 1.70. The summed E-state index contributed by atoms with van der Waals surface area (Å²) in [6.45, 7) is 0. The number of carbonyl (C=O) groups is 2. The highest BCUT2D eigenvalue weighted by atomic mass is 32.1. The molecule has 1 aromatic carbocycles. The summed E-state index contributed by atoms with van der Waals surface area (Å²) in [7, 11) is 3.08. The van der Waals surface area contributed by atoms with Crippen molar-refractivity contribution in [2.45, 2.75) is 12.8 Å². The van der Waals surface area contributed by atoms with Gasteiger partial charge in [-0.3, -0.25) is 20.4 Å². The molecule has 0 saturated heterocycles. The molecule has 2 N–H and O–H groups in total. The second-order valence-corrected chi connectivity index (χ2v) is 5.75. The van der Waals surface area contributed by atoms with E-state index in [1.807, 2.05) is 17.5 Å². The summed E-state index contributed by atoms with van der Waals surface area (Å²) < 4.78 is 10.3. The van der Waals surface area contributed by atoms with Crippen LogP contribution >= 0.6 is 11.3 Å². The number of hydrogen-bond donors (Lipinski definition) is 2. The number of methoxy groups -OCH3 is 2. The fourth-order valence-corrected chi connectivity index (χ4v) is 2.68. The highest BCUT2D eigenvalue weighted by Crippen LogP contribution is 2.27. The van der Waals surface area contributed by atoms with Crippen molar-refractivity contribution < 1.29 is 19.1 Å². The quantitative estimate of drug-likeness (QED) is 0.788. The molecule has 0 fully saturated rings. The maximum atomic E-state index is 11.9. The summed E-state index contributed by atoms with van der Waals surface area (Å²) in [6.07, 6.45) is 0.369. The number of hydrazine groups is 1. The molecule has 1 heterocycles. The van der Waals surface area contributed by atoms with E-state index >= 15 is 0 Å². The smallest absolute Gasteiger partial charge is 0.243 e. The molecule has 2 rings (SSSR count). The van der Waals surface area contributed by atoms with Crippen LogP contribution < -0.4 is 20.3 Å². The lowest BCUT2D eigenvalue weighted by Gasteiger charge is -2.10. The fourth-order valence-electron chi connectivity index (χ4n) is 1.98. The van der Waals surface area contributed by atoms with E-state index in [1.54, 1.807) is 25.3 Å². The van der Waals surface area contributed by atoms with Crippen LogP contribution in [0.5, 0.6) is 11.5 Å². The Hall–Kier alpha value is -2.54. The Kier molecular flexibility index (Phi) is 5.99. The zero-order valence-corrected chi connectivity index (χ0v) is 13.7. The topological polar surface area (TPSA) is 76.7 Å². The first-order valence-electron chi connectivity index (χ1n) is 6.93. The molecule has 0 saturated carbocycles. The lowest BCUT2D eigenvalue weighted by atomic mass is 10.1. The second kappa shape index (κ2) is 8.19. The van der Waals surface area contributed by atoms with Crippen LogP contribution in [0.25, 0.3) is 0 Å². The molecule has 1 aromatic heterocycles. The van der Waals surface area contributed by atoms with Crippen LogP contribution in [-0.4, -0.2) is 26.0 Å². The Morgan fingerprint density at radius 1 is 1.00 bits per heavy atom. The van der Waals surface area contributed by atoms with Gasteiger partial charge in [0, 0.05) is 4.88 Å². The van der Waals surface area contributed by atoms with Crippen molar-refractivity contribution >= 4 is 23.2 Å². The van der Waals surface area contributed by atoms with Crippen LogP contribution in [0, 0.1) is 0 Å². The zero-order chi connectivity index (χ0) is 16.7. The Bertz CT molecular complexity index is 671. The molecule has 2 amide bonds. The molecule has 6 nitrogen and oxygen atoms in total.